The molecule has 0 atom stereocenters. The molecule has 0 N–H and O–H groups in total. The summed E-state index contributed by atoms with van der Waals surface area (Å²) in [6.45, 7) is 3.90. The molecule has 0 radical (unpaired) electrons. The molecule has 0 fully saturated rings. The van der Waals surface area contributed by atoms with Crippen molar-refractivity contribution in [3.63, 3.8) is 0 Å². The van der Waals surface area contributed by atoms with E-state index >= 15 is 0 Å². The molecular weight excluding hydrogens is 245 g/mol. The molecule has 16 heavy (non-hydrogen) atoms. The summed E-state index contributed by atoms with van der Waals surface area (Å²) in [5, 5.41) is 2.08. The van der Waals surface area contributed by atoms with Crippen LogP contribution in [0.1, 0.15) is 25.3 Å². The first-order valence-electron chi connectivity index (χ1n) is 4.97. The second-order valence-corrected chi connectivity index (χ2v) is 4.98. The number of halogens is 2. The van der Waals surface area contributed by atoms with Gasteiger partial charge in [-0.05, 0) is 12.0 Å². The van der Waals surface area contributed by atoms with Crippen molar-refractivity contribution < 1.29 is 4.39 Å². The fourth-order valence-electron chi connectivity index (χ4n) is 1.70. The average molecular weight is 256 g/mol. The van der Waals surface area contributed by atoms with Gasteiger partial charge < -0.3 is 0 Å². The number of nitrogens with zero attached hydrogens (tertiary/aromatic N) is 1. The first kappa shape index (κ1) is 11.6. The summed E-state index contributed by atoms with van der Waals surface area (Å²) in [4.78, 5) is 4.21. The van der Waals surface area contributed by atoms with Gasteiger partial charge >= 0.3 is 0 Å². The largest absolute Gasteiger partial charge is 0.245 e. The highest BCUT2D eigenvalue weighted by molar-refractivity contribution is 7.07. The van der Waals surface area contributed by atoms with E-state index in [4.69, 9.17) is 11.6 Å². The molecule has 0 bridgehead atoms. The summed E-state index contributed by atoms with van der Waals surface area (Å²) in [5.41, 5.74) is 4.02. The molecule has 4 heteroatoms. The van der Waals surface area contributed by atoms with E-state index < -0.39 is 0 Å². The number of benzene rings is 1. The van der Waals surface area contributed by atoms with Crippen molar-refractivity contribution in [3.8, 4) is 11.3 Å². The third-order valence-electron chi connectivity index (χ3n) is 2.42. The van der Waals surface area contributed by atoms with Gasteiger partial charge in [0.05, 0.1) is 16.2 Å². The van der Waals surface area contributed by atoms with E-state index in [1.165, 1.54) is 11.3 Å². The zero-order chi connectivity index (χ0) is 11.7. The molecule has 1 aromatic heterocycles. The number of hydrogen-bond donors (Lipinski definition) is 0. The molecule has 0 unspecified atom stereocenters. The molecule has 0 saturated heterocycles. The third kappa shape index (κ3) is 1.97. The van der Waals surface area contributed by atoms with Crippen LogP contribution in [-0.2, 0) is 0 Å². The van der Waals surface area contributed by atoms with Gasteiger partial charge in [-0.25, -0.2) is 9.37 Å². The standard InChI is InChI=1S/C12H11ClFNS/c1-7(2)11-8(10-5-16-6-15-10)3-4-9(13)12(11)14/h3-7H,1-2H3. The van der Waals surface area contributed by atoms with Crippen LogP contribution in [0.2, 0.25) is 5.02 Å². The fourth-order valence-corrected chi connectivity index (χ4v) is 2.42. The van der Waals surface area contributed by atoms with E-state index in [9.17, 15) is 4.39 Å². The van der Waals surface area contributed by atoms with E-state index in [1.54, 1.807) is 11.6 Å². The molecule has 0 saturated carbocycles. The molecule has 1 heterocycles. The zero-order valence-corrected chi connectivity index (χ0v) is 10.6. The van der Waals surface area contributed by atoms with E-state index in [1.807, 2.05) is 25.3 Å². The Labute approximate surface area is 103 Å². The van der Waals surface area contributed by atoms with E-state index in [0.717, 1.165) is 11.3 Å². The minimum absolute atomic E-state index is 0.0791. The minimum Gasteiger partial charge on any atom is -0.245 e. The molecule has 0 amide bonds. The van der Waals surface area contributed by atoms with Crippen molar-refractivity contribution in [3.05, 3.63) is 39.4 Å². The Morgan fingerprint density at radius 3 is 2.69 bits per heavy atom. The van der Waals surface area contributed by atoms with Crippen LogP contribution in [0.15, 0.2) is 23.0 Å². The van der Waals surface area contributed by atoms with E-state index in [-0.39, 0.29) is 16.8 Å². The van der Waals surface area contributed by atoms with Gasteiger partial charge in [0.15, 0.2) is 0 Å². The molecule has 2 aromatic rings. The van der Waals surface area contributed by atoms with Crippen molar-refractivity contribution in [2.45, 2.75) is 19.8 Å². The van der Waals surface area contributed by atoms with Crippen molar-refractivity contribution in [1.82, 2.24) is 4.98 Å². The SMILES string of the molecule is CC(C)c1c(-c2cscn2)ccc(Cl)c1F. The molecule has 84 valence electrons. The third-order valence-corrected chi connectivity index (χ3v) is 3.30. The van der Waals surface area contributed by atoms with Gasteiger partial charge in [-0.1, -0.05) is 31.5 Å². The van der Waals surface area contributed by atoms with E-state index in [2.05, 4.69) is 4.98 Å². The lowest BCUT2D eigenvalue weighted by Crippen LogP contribution is -1.98. The molecule has 1 nitrogen and oxygen atoms in total. The maximum absolute atomic E-state index is 13.9. The lowest BCUT2D eigenvalue weighted by atomic mass is 9.95. The maximum Gasteiger partial charge on any atom is 0.145 e. The molecule has 0 aliphatic heterocycles. The first-order chi connectivity index (χ1) is 7.61. The molecule has 0 aliphatic carbocycles. The van der Waals surface area contributed by atoms with E-state index in [0.29, 0.717) is 5.56 Å². The quantitative estimate of drug-likeness (QED) is 0.756. The van der Waals surface area contributed by atoms with Gasteiger partial charge in [0.1, 0.15) is 5.82 Å². The Balaban J connectivity index is 2.66. The van der Waals surface area contributed by atoms with Gasteiger partial charge in [-0.15, -0.1) is 11.3 Å². The van der Waals surface area contributed by atoms with Gasteiger partial charge in [0.2, 0.25) is 0 Å². The number of thiazole rings is 1. The normalized spacial score (nSPS) is 11.1. The van der Waals surface area contributed by atoms with Crippen LogP contribution in [0.4, 0.5) is 4.39 Å². The second-order valence-electron chi connectivity index (χ2n) is 3.85. The van der Waals surface area contributed by atoms with Crippen LogP contribution in [0.3, 0.4) is 0 Å². The molecule has 2 rings (SSSR count). The average Bonchev–Trinajstić information content (AvgIpc) is 2.74. The topological polar surface area (TPSA) is 12.9 Å². The van der Waals surface area contributed by atoms with Crippen molar-refractivity contribution in [2.75, 3.05) is 0 Å². The Morgan fingerprint density at radius 2 is 2.12 bits per heavy atom. The smallest absolute Gasteiger partial charge is 0.145 e. The maximum atomic E-state index is 13.9. The van der Waals surface area contributed by atoms with Crippen molar-refractivity contribution in [2.24, 2.45) is 0 Å². The lowest BCUT2D eigenvalue weighted by Gasteiger charge is -2.13. The summed E-state index contributed by atoms with van der Waals surface area (Å²) in [5.74, 6) is -0.252. The van der Waals surface area contributed by atoms with Crippen LogP contribution in [0.25, 0.3) is 11.3 Å². The summed E-state index contributed by atoms with van der Waals surface area (Å²) in [6, 6.07) is 3.41. The van der Waals surface area contributed by atoms with Gasteiger partial charge in [0.25, 0.3) is 0 Å². The number of rotatable bonds is 2. The highest BCUT2D eigenvalue weighted by Crippen LogP contribution is 2.34. The lowest BCUT2D eigenvalue weighted by molar-refractivity contribution is 0.599. The monoisotopic (exact) mass is 255 g/mol. The Kier molecular flexibility index (Phi) is 3.26. The molecule has 1 aromatic carbocycles. The minimum atomic E-state index is -0.331. The second kappa shape index (κ2) is 4.52. The molecule has 0 spiro atoms. The zero-order valence-electron chi connectivity index (χ0n) is 9.00. The summed E-state index contributed by atoms with van der Waals surface area (Å²) < 4.78 is 13.9. The Morgan fingerprint density at radius 1 is 1.38 bits per heavy atom. The summed E-state index contributed by atoms with van der Waals surface area (Å²) >= 11 is 7.30. The van der Waals surface area contributed by atoms with Crippen LogP contribution >= 0.6 is 22.9 Å². The van der Waals surface area contributed by atoms with Gasteiger partial charge in [-0.2, -0.15) is 0 Å². The highest BCUT2D eigenvalue weighted by atomic mass is 35.5. The van der Waals surface area contributed by atoms with Crippen LogP contribution in [0, 0.1) is 5.82 Å². The summed E-state index contributed by atoms with van der Waals surface area (Å²) in [6.07, 6.45) is 0. The van der Waals surface area contributed by atoms with Crippen LogP contribution < -0.4 is 0 Å². The van der Waals surface area contributed by atoms with Crippen LogP contribution in [0.5, 0.6) is 0 Å². The van der Waals surface area contributed by atoms with Gasteiger partial charge in [0, 0.05) is 16.5 Å². The predicted molar refractivity (Wildman–Crippen MR) is 66.6 cm³/mol. The Hall–Kier alpha value is -0.930. The van der Waals surface area contributed by atoms with Gasteiger partial charge in [-0.3, -0.25) is 0 Å². The number of hydrogen-bond acceptors (Lipinski definition) is 2. The molecule has 0 aliphatic rings. The van der Waals surface area contributed by atoms with Crippen molar-refractivity contribution in [1.29, 1.82) is 0 Å². The highest BCUT2D eigenvalue weighted by Gasteiger charge is 2.17. The number of aromatic nitrogens is 1. The summed E-state index contributed by atoms with van der Waals surface area (Å²) in [7, 11) is 0. The van der Waals surface area contributed by atoms with Crippen molar-refractivity contribution >= 4 is 22.9 Å². The first-order valence-corrected chi connectivity index (χ1v) is 6.29. The van der Waals surface area contributed by atoms with Crippen LogP contribution in [-0.4, -0.2) is 4.98 Å². The fraction of sp³-hybridized carbons (Fsp3) is 0.250. The Bertz CT molecular complexity index is 494. The molecular formula is C12H11ClFNS. The predicted octanol–water partition coefficient (Wildman–Crippen LogP) is 4.73.